The number of halogens is 2. The molecule has 1 aliphatic rings. The zero-order valence-corrected chi connectivity index (χ0v) is 12.6. The summed E-state index contributed by atoms with van der Waals surface area (Å²) in [6.07, 6.45) is 0. The normalized spacial score (nSPS) is 12.2. The lowest BCUT2D eigenvalue weighted by molar-refractivity contribution is 0.103. The van der Waals surface area contributed by atoms with Crippen molar-refractivity contribution in [3.05, 3.63) is 60.8 Å². The number of hydrogen-bond acceptors (Lipinski definition) is 4. The van der Waals surface area contributed by atoms with Gasteiger partial charge in [0.1, 0.15) is 17.7 Å². The van der Waals surface area contributed by atoms with Gasteiger partial charge in [-0.2, -0.15) is 10.5 Å². The maximum absolute atomic E-state index is 12.5. The summed E-state index contributed by atoms with van der Waals surface area (Å²) in [5.74, 6) is -0.182. The van der Waals surface area contributed by atoms with E-state index in [0.717, 1.165) is 0 Å². The highest BCUT2D eigenvalue weighted by molar-refractivity contribution is 7.11. The first-order valence-corrected chi connectivity index (χ1v) is 7.38. The van der Waals surface area contributed by atoms with Crippen LogP contribution < -0.4 is 0 Å². The Labute approximate surface area is 134 Å². The number of fused-ring (bicyclic) bond motifs is 2. The van der Waals surface area contributed by atoms with E-state index >= 15 is 0 Å². The minimum atomic E-state index is -0.182. The maximum atomic E-state index is 12.5. The molecule has 2 aromatic rings. The van der Waals surface area contributed by atoms with Crippen LogP contribution in [0.4, 0.5) is 0 Å². The highest BCUT2D eigenvalue weighted by Gasteiger charge is 2.31. The summed E-state index contributed by atoms with van der Waals surface area (Å²) in [5.41, 5.74) is 1.70. The van der Waals surface area contributed by atoms with Crippen molar-refractivity contribution in [3.8, 4) is 12.1 Å². The Morgan fingerprint density at radius 3 is 2.29 bits per heavy atom. The minimum Gasteiger partial charge on any atom is -0.289 e. The Morgan fingerprint density at radius 1 is 1.05 bits per heavy atom. The lowest BCUT2D eigenvalue weighted by Crippen LogP contribution is -2.13. The second-order valence-corrected chi connectivity index (χ2v) is 6.01. The van der Waals surface area contributed by atoms with Crippen LogP contribution in [0.2, 0.25) is 10.0 Å². The Balaban J connectivity index is 2.48. The molecule has 21 heavy (non-hydrogen) atoms. The molecule has 1 aromatic carbocycles. The number of hydrogen-bond donors (Lipinski definition) is 0. The number of ketones is 1. The number of benzene rings is 1. The molecule has 0 spiro atoms. The largest absolute Gasteiger partial charge is 0.289 e. The molecule has 0 N–H and O–H groups in total. The van der Waals surface area contributed by atoms with Crippen molar-refractivity contribution >= 4 is 45.9 Å². The number of carbonyl (C=O) groups is 1. The van der Waals surface area contributed by atoms with Gasteiger partial charge in [0.15, 0.2) is 5.78 Å². The standard InChI is InChI=1S/C15H4Cl2N2OS/c16-11-3-9-10(4-12(11)17)14(20)8-1-2-21-15(8)13(9)7(5-18)6-19/h1-4H. The lowest BCUT2D eigenvalue weighted by atomic mass is 9.84. The number of allylic oxidation sites excluding steroid dienone is 1. The van der Waals surface area contributed by atoms with Crippen LogP contribution in [0.25, 0.3) is 5.57 Å². The van der Waals surface area contributed by atoms with Gasteiger partial charge in [0, 0.05) is 21.6 Å². The fourth-order valence-corrected chi connectivity index (χ4v) is 3.56. The quantitative estimate of drug-likeness (QED) is 0.572. The molecule has 100 valence electrons. The summed E-state index contributed by atoms with van der Waals surface area (Å²) < 4.78 is 0. The van der Waals surface area contributed by atoms with Gasteiger partial charge in [-0.3, -0.25) is 4.79 Å². The van der Waals surface area contributed by atoms with E-state index in [0.29, 0.717) is 27.1 Å². The summed E-state index contributed by atoms with van der Waals surface area (Å²) in [4.78, 5) is 13.1. The molecule has 1 heterocycles. The monoisotopic (exact) mass is 330 g/mol. The Bertz CT molecular complexity index is 897. The van der Waals surface area contributed by atoms with Crippen LogP contribution in [0.3, 0.4) is 0 Å². The summed E-state index contributed by atoms with van der Waals surface area (Å²) in [6, 6.07) is 8.45. The second kappa shape index (κ2) is 5.02. The predicted octanol–water partition coefficient (Wildman–Crippen LogP) is 4.45. The fourth-order valence-electron chi connectivity index (χ4n) is 2.28. The van der Waals surface area contributed by atoms with Gasteiger partial charge in [-0.05, 0) is 29.1 Å². The van der Waals surface area contributed by atoms with Crippen molar-refractivity contribution in [1.29, 1.82) is 10.5 Å². The van der Waals surface area contributed by atoms with Gasteiger partial charge in [0.25, 0.3) is 0 Å². The van der Waals surface area contributed by atoms with E-state index < -0.39 is 0 Å². The Morgan fingerprint density at radius 2 is 1.67 bits per heavy atom. The zero-order chi connectivity index (χ0) is 15.1. The van der Waals surface area contributed by atoms with Gasteiger partial charge in [0.2, 0.25) is 0 Å². The average molecular weight is 331 g/mol. The van der Waals surface area contributed by atoms with Crippen molar-refractivity contribution in [2.24, 2.45) is 0 Å². The van der Waals surface area contributed by atoms with Gasteiger partial charge in [-0.15, -0.1) is 11.3 Å². The first kappa shape index (κ1) is 13.9. The van der Waals surface area contributed by atoms with Gasteiger partial charge in [0.05, 0.1) is 10.0 Å². The molecular formula is C15H4Cl2N2OS. The molecule has 0 atom stereocenters. The number of nitrogens with zero attached hydrogens (tertiary/aromatic N) is 2. The zero-order valence-electron chi connectivity index (χ0n) is 10.3. The summed E-state index contributed by atoms with van der Waals surface area (Å²) in [6.45, 7) is 0. The van der Waals surface area contributed by atoms with Crippen LogP contribution in [0, 0.1) is 22.7 Å². The third kappa shape index (κ3) is 1.97. The maximum Gasteiger partial charge on any atom is 0.195 e. The number of rotatable bonds is 0. The number of thiophene rings is 1. The molecule has 0 aliphatic heterocycles. The third-order valence-electron chi connectivity index (χ3n) is 3.18. The summed E-state index contributed by atoms with van der Waals surface area (Å²) in [5, 5.41) is 20.7. The van der Waals surface area contributed by atoms with E-state index in [2.05, 4.69) is 0 Å². The molecule has 3 rings (SSSR count). The molecule has 0 saturated carbocycles. The summed E-state index contributed by atoms with van der Waals surface area (Å²) in [7, 11) is 0. The topological polar surface area (TPSA) is 64.7 Å². The van der Waals surface area contributed by atoms with Crippen LogP contribution in [-0.4, -0.2) is 5.78 Å². The van der Waals surface area contributed by atoms with E-state index in [1.807, 2.05) is 12.1 Å². The van der Waals surface area contributed by atoms with Crippen molar-refractivity contribution in [2.45, 2.75) is 0 Å². The van der Waals surface area contributed by atoms with Crippen LogP contribution >= 0.6 is 34.5 Å². The lowest BCUT2D eigenvalue weighted by Gasteiger charge is -2.19. The highest BCUT2D eigenvalue weighted by Crippen LogP contribution is 2.43. The molecule has 0 amide bonds. The summed E-state index contributed by atoms with van der Waals surface area (Å²) >= 11 is 13.3. The van der Waals surface area contributed by atoms with Crippen LogP contribution in [0.15, 0.2) is 29.2 Å². The van der Waals surface area contributed by atoms with Gasteiger partial charge in [-0.1, -0.05) is 23.2 Å². The van der Waals surface area contributed by atoms with Crippen LogP contribution in [0.5, 0.6) is 0 Å². The number of nitriles is 2. The van der Waals surface area contributed by atoms with E-state index in [1.54, 1.807) is 11.4 Å². The smallest absolute Gasteiger partial charge is 0.195 e. The molecule has 0 bridgehead atoms. The molecule has 1 aromatic heterocycles. The first-order valence-electron chi connectivity index (χ1n) is 5.75. The van der Waals surface area contributed by atoms with Crippen molar-refractivity contribution < 1.29 is 4.79 Å². The van der Waals surface area contributed by atoms with Crippen LogP contribution in [-0.2, 0) is 0 Å². The molecule has 0 fully saturated rings. The SMILES string of the molecule is N#CC(C#N)=C1c2cc(Cl)c(Cl)cc2C(=O)c2ccsc21. The fraction of sp³-hybridized carbons (Fsp3) is 0. The van der Waals surface area contributed by atoms with Gasteiger partial charge >= 0.3 is 0 Å². The molecule has 6 heteroatoms. The van der Waals surface area contributed by atoms with Crippen molar-refractivity contribution in [1.82, 2.24) is 0 Å². The molecular weight excluding hydrogens is 327 g/mol. The van der Waals surface area contributed by atoms with Crippen molar-refractivity contribution in [3.63, 3.8) is 0 Å². The molecule has 0 unspecified atom stereocenters. The van der Waals surface area contributed by atoms with Gasteiger partial charge in [-0.25, -0.2) is 0 Å². The van der Waals surface area contributed by atoms with E-state index in [1.165, 1.54) is 23.5 Å². The molecule has 0 radical (unpaired) electrons. The van der Waals surface area contributed by atoms with E-state index in [9.17, 15) is 15.3 Å². The first-order chi connectivity index (χ1) is 10.1. The van der Waals surface area contributed by atoms with Gasteiger partial charge < -0.3 is 0 Å². The Hall–Kier alpha value is -2.11. The van der Waals surface area contributed by atoms with E-state index in [4.69, 9.17) is 23.2 Å². The van der Waals surface area contributed by atoms with E-state index in [-0.39, 0.29) is 21.4 Å². The third-order valence-corrected chi connectivity index (χ3v) is 4.84. The Kier molecular flexibility index (Phi) is 3.31. The molecule has 3 nitrogen and oxygen atoms in total. The van der Waals surface area contributed by atoms with Crippen molar-refractivity contribution in [2.75, 3.05) is 0 Å². The molecule has 1 aliphatic carbocycles. The average Bonchev–Trinajstić information content (AvgIpc) is 2.95. The minimum absolute atomic E-state index is 0.0501. The second-order valence-electron chi connectivity index (χ2n) is 4.28. The predicted molar refractivity (Wildman–Crippen MR) is 81.5 cm³/mol. The number of carbonyl (C=O) groups excluding carboxylic acids is 1. The van der Waals surface area contributed by atoms with Crippen LogP contribution in [0.1, 0.15) is 26.4 Å². The molecule has 0 saturated heterocycles. The highest BCUT2D eigenvalue weighted by atomic mass is 35.5.